The molecule has 0 saturated carbocycles. The molecular formula is C11H21ClN2O5S. The van der Waals surface area contributed by atoms with E-state index in [9.17, 15) is 14.4 Å². The third-order valence-electron chi connectivity index (χ3n) is 2.15. The Kier molecular flexibility index (Phi) is 11.5. The van der Waals surface area contributed by atoms with Gasteiger partial charge in [0.05, 0.1) is 6.10 Å². The van der Waals surface area contributed by atoms with Crippen molar-refractivity contribution in [3.05, 3.63) is 0 Å². The molecule has 0 radical (unpaired) electrons. The maximum atomic E-state index is 11.6. The normalized spacial score (nSPS) is 13.1. The minimum absolute atomic E-state index is 0. The van der Waals surface area contributed by atoms with Crippen LogP contribution in [0.25, 0.3) is 0 Å². The highest BCUT2D eigenvalue weighted by atomic mass is 35.5. The molecule has 0 unspecified atom stereocenters. The maximum Gasteiger partial charge on any atom is 0.329 e. The van der Waals surface area contributed by atoms with Crippen molar-refractivity contribution < 1.29 is 24.2 Å². The van der Waals surface area contributed by atoms with E-state index < -0.39 is 29.9 Å². The molecule has 1 amide bonds. The van der Waals surface area contributed by atoms with Crippen LogP contribution >= 0.6 is 25.0 Å². The number of thiol groups is 1. The van der Waals surface area contributed by atoms with Gasteiger partial charge >= 0.3 is 11.9 Å². The molecule has 0 rings (SSSR count). The number of aliphatic carboxylic acids is 1. The van der Waals surface area contributed by atoms with Crippen molar-refractivity contribution in [2.24, 2.45) is 5.73 Å². The fourth-order valence-electron chi connectivity index (χ4n) is 1.17. The first-order valence-corrected chi connectivity index (χ1v) is 6.50. The van der Waals surface area contributed by atoms with E-state index in [-0.39, 0.29) is 37.1 Å². The Morgan fingerprint density at radius 1 is 1.35 bits per heavy atom. The van der Waals surface area contributed by atoms with Gasteiger partial charge in [0.25, 0.3) is 0 Å². The van der Waals surface area contributed by atoms with Crippen LogP contribution in [-0.2, 0) is 19.1 Å². The van der Waals surface area contributed by atoms with E-state index in [0.717, 1.165) is 0 Å². The second-order valence-corrected chi connectivity index (χ2v) is 4.64. The van der Waals surface area contributed by atoms with Gasteiger partial charge < -0.3 is 20.9 Å². The van der Waals surface area contributed by atoms with Crippen LogP contribution in [0.5, 0.6) is 0 Å². The molecule has 0 saturated heterocycles. The lowest BCUT2D eigenvalue weighted by atomic mass is 10.1. The number of carbonyl (C=O) groups is 3. The summed E-state index contributed by atoms with van der Waals surface area (Å²) in [6.07, 6.45) is -0.362. The number of halogens is 1. The average Bonchev–Trinajstić information content (AvgIpc) is 2.31. The van der Waals surface area contributed by atoms with Gasteiger partial charge in [-0.2, -0.15) is 12.6 Å². The van der Waals surface area contributed by atoms with E-state index in [0.29, 0.717) is 0 Å². The van der Waals surface area contributed by atoms with Crippen LogP contribution in [0.3, 0.4) is 0 Å². The summed E-state index contributed by atoms with van der Waals surface area (Å²) in [5.74, 6) is -2.10. The second kappa shape index (κ2) is 10.8. The van der Waals surface area contributed by atoms with Gasteiger partial charge in [0.15, 0.2) is 0 Å². The fraction of sp³-hybridized carbons (Fsp3) is 0.727. The minimum Gasteiger partial charge on any atom is -0.480 e. The van der Waals surface area contributed by atoms with Crippen molar-refractivity contribution in [3.8, 4) is 0 Å². The van der Waals surface area contributed by atoms with E-state index in [2.05, 4.69) is 17.9 Å². The summed E-state index contributed by atoms with van der Waals surface area (Å²) in [7, 11) is 0. The summed E-state index contributed by atoms with van der Waals surface area (Å²) in [5, 5.41) is 11.0. The van der Waals surface area contributed by atoms with Crippen LogP contribution in [0.15, 0.2) is 0 Å². The summed E-state index contributed by atoms with van der Waals surface area (Å²) in [5.41, 5.74) is 5.27. The SMILES string of the molecule is CC(C)OC(=O)[C@H](CS)NC(=O)CC[C@H](N)C(=O)O.Cl. The Hall–Kier alpha value is -0.990. The van der Waals surface area contributed by atoms with Gasteiger partial charge in [-0.25, -0.2) is 4.79 Å². The molecule has 0 bridgehead atoms. The quantitative estimate of drug-likeness (QED) is 0.367. The number of carboxylic acids is 1. The predicted molar refractivity (Wildman–Crippen MR) is 79.1 cm³/mol. The molecule has 0 spiro atoms. The first-order chi connectivity index (χ1) is 8.77. The molecule has 0 aromatic rings. The van der Waals surface area contributed by atoms with Crippen LogP contribution in [-0.4, -0.2) is 46.9 Å². The molecule has 9 heteroatoms. The van der Waals surface area contributed by atoms with Gasteiger partial charge in [0.2, 0.25) is 5.91 Å². The summed E-state index contributed by atoms with van der Waals surface area (Å²) < 4.78 is 4.95. The zero-order valence-electron chi connectivity index (χ0n) is 11.4. The van der Waals surface area contributed by atoms with Gasteiger partial charge in [0, 0.05) is 12.2 Å². The molecular weight excluding hydrogens is 308 g/mol. The van der Waals surface area contributed by atoms with Crippen LogP contribution in [0.4, 0.5) is 0 Å². The lowest BCUT2D eigenvalue weighted by Gasteiger charge is -2.17. The Bertz CT molecular complexity index is 341. The number of amides is 1. The Labute approximate surface area is 129 Å². The van der Waals surface area contributed by atoms with Crippen LogP contribution in [0.2, 0.25) is 0 Å². The topological polar surface area (TPSA) is 119 Å². The molecule has 4 N–H and O–H groups in total. The van der Waals surface area contributed by atoms with Crippen molar-refractivity contribution in [2.75, 3.05) is 5.75 Å². The number of rotatable bonds is 8. The molecule has 0 aliphatic rings. The summed E-state index contributed by atoms with van der Waals surface area (Å²) in [4.78, 5) is 33.6. The number of carboxylic acid groups (broad SMARTS) is 1. The minimum atomic E-state index is -1.17. The third-order valence-corrected chi connectivity index (χ3v) is 2.52. The molecule has 0 aliphatic carbocycles. The van der Waals surface area contributed by atoms with Gasteiger partial charge in [-0.15, -0.1) is 12.4 Å². The van der Waals surface area contributed by atoms with E-state index in [4.69, 9.17) is 15.6 Å². The number of nitrogens with one attached hydrogen (secondary N) is 1. The van der Waals surface area contributed by atoms with Gasteiger partial charge in [-0.1, -0.05) is 0 Å². The number of carbonyl (C=O) groups excluding carboxylic acids is 2. The molecule has 20 heavy (non-hydrogen) atoms. The van der Waals surface area contributed by atoms with Crippen molar-refractivity contribution >= 4 is 42.9 Å². The third kappa shape index (κ3) is 9.00. The zero-order chi connectivity index (χ0) is 15.0. The number of hydrogen-bond donors (Lipinski definition) is 4. The molecule has 2 atom stereocenters. The number of ether oxygens (including phenoxy) is 1. The number of esters is 1. The highest BCUT2D eigenvalue weighted by molar-refractivity contribution is 7.80. The Morgan fingerprint density at radius 2 is 1.90 bits per heavy atom. The Balaban J connectivity index is 0. The first-order valence-electron chi connectivity index (χ1n) is 5.87. The highest BCUT2D eigenvalue weighted by Gasteiger charge is 2.22. The van der Waals surface area contributed by atoms with E-state index in [1.807, 2.05) is 0 Å². The molecule has 0 heterocycles. The lowest BCUT2D eigenvalue weighted by Crippen LogP contribution is -2.44. The summed E-state index contributed by atoms with van der Waals surface area (Å²) >= 11 is 3.96. The standard InChI is InChI=1S/C11H20N2O5S.ClH/c1-6(2)18-11(17)8(5-19)13-9(14)4-3-7(12)10(15)16;/h6-8,19H,3-5,12H2,1-2H3,(H,13,14)(H,15,16);1H/t7-,8-;/m0./s1. The van der Waals surface area contributed by atoms with Crippen LogP contribution < -0.4 is 11.1 Å². The average molecular weight is 329 g/mol. The number of nitrogens with two attached hydrogens (primary N) is 1. The number of hydrogen-bond acceptors (Lipinski definition) is 6. The van der Waals surface area contributed by atoms with Crippen molar-refractivity contribution in [1.82, 2.24) is 5.32 Å². The van der Waals surface area contributed by atoms with Gasteiger partial charge in [0.1, 0.15) is 12.1 Å². The Morgan fingerprint density at radius 3 is 2.30 bits per heavy atom. The molecule has 0 aromatic carbocycles. The largest absolute Gasteiger partial charge is 0.480 e. The zero-order valence-corrected chi connectivity index (χ0v) is 13.1. The fourth-order valence-corrected chi connectivity index (χ4v) is 1.41. The van der Waals surface area contributed by atoms with Crippen LogP contribution in [0.1, 0.15) is 26.7 Å². The molecule has 0 aromatic heterocycles. The lowest BCUT2D eigenvalue weighted by molar-refractivity contribution is -0.150. The monoisotopic (exact) mass is 328 g/mol. The van der Waals surface area contributed by atoms with Gasteiger partial charge in [-0.05, 0) is 20.3 Å². The molecule has 0 fully saturated rings. The van der Waals surface area contributed by atoms with Gasteiger partial charge in [-0.3, -0.25) is 9.59 Å². The van der Waals surface area contributed by atoms with Crippen molar-refractivity contribution in [3.63, 3.8) is 0 Å². The van der Waals surface area contributed by atoms with Crippen molar-refractivity contribution in [1.29, 1.82) is 0 Å². The van der Waals surface area contributed by atoms with Crippen molar-refractivity contribution in [2.45, 2.75) is 44.9 Å². The first kappa shape index (κ1) is 21.3. The maximum absolute atomic E-state index is 11.6. The highest BCUT2D eigenvalue weighted by Crippen LogP contribution is 2.00. The molecule has 7 nitrogen and oxygen atoms in total. The summed E-state index contributed by atoms with van der Waals surface area (Å²) in [6, 6.07) is -1.94. The molecule has 118 valence electrons. The predicted octanol–water partition coefficient (Wildman–Crippen LogP) is -0.0335. The van der Waals surface area contributed by atoms with E-state index in [1.54, 1.807) is 13.8 Å². The second-order valence-electron chi connectivity index (χ2n) is 4.27. The van der Waals surface area contributed by atoms with Crippen LogP contribution in [0, 0.1) is 0 Å². The smallest absolute Gasteiger partial charge is 0.329 e. The van der Waals surface area contributed by atoms with E-state index in [1.165, 1.54) is 0 Å². The molecule has 0 aliphatic heterocycles. The summed E-state index contributed by atoms with van der Waals surface area (Å²) in [6.45, 7) is 3.39. The van der Waals surface area contributed by atoms with E-state index >= 15 is 0 Å².